The molecule has 0 fully saturated rings. The summed E-state index contributed by atoms with van der Waals surface area (Å²) in [6, 6.07) is 0. The smallest absolute Gasteiger partial charge is 0.0431 e. The Morgan fingerprint density at radius 1 is 1.12 bits per heavy atom. The second-order valence-corrected chi connectivity index (χ2v) is 2.28. The Bertz CT molecular complexity index is 35.4. The third-order valence-electron chi connectivity index (χ3n) is 0.894. The van der Waals surface area contributed by atoms with Crippen molar-refractivity contribution in [3.8, 4) is 0 Å². The number of hydrogen-bond donors (Lipinski definition) is 2. The first kappa shape index (κ1) is 8.27. The SMILES string of the molecule is OCCCCCSO. The Morgan fingerprint density at radius 3 is 2.38 bits per heavy atom. The van der Waals surface area contributed by atoms with Gasteiger partial charge in [-0.15, -0.1) is 0 Å². The van der Waals surface area contributed by atoms with Crippen LogP contribution in [-0.2, 0) is 0 Å². The van der Waals surface area contributed by atoms with Crippen molar-refractivity contribution in [1.82, 2.24) is 0 Å². The number of aliphatic hydroxyl groups is 1. The van der Waals surface area contributed by atoms with Gasteiger partial charge in [0.25, 0.3) is 0 Å². The fraction of sp³-hybridized carbons (Fsp3) is 1.00. The summed E-state index contributed by atoms with van der Waals surface area (Å²) in [5.41, 5.74) is 0. The van der Waals surface area contributed by atoms with Crippen molar-refractivity contribution in [1.29, 1.82) is 0 Å². The molecule has 0 bridgehead atoms. The quantitative estimate of drug-likeness (QED) is 0.443. The van der Waals surface area contributed by atoms with E-state index in [0.717, 1.165) is 37.1 Å². The summed E-state index contributed by atoms with van der Waals surface area (Å²) in [4.78, 5) is 0. The van der Waals surface area contributed by atoms with Crippen molar-refractivity contribution in [3.63, 3.8) is 0 Å². The second-order valence-electron chi connectivity index (χ2n) is 1.62. The van der Waals surface area contributed by atoms with Crippen LogP contribution in [0.2, 0.25) is 0 Å². The molecule has 2 nitrogen and oxygen atoms in total. The van der Waals surface area contributed by atoms with Gasteiger partial charge >= 0.3 is 0 Å². The largest absolute Gasteiger partial charge is 0.396 e. The Balaban J connectivity index is 2.53. The molecule has 0 spiro atoms. The lowest BCUT2D eigenvalue weighted by atomic mass is 10.3. The Kier molecular flexibility index (Phi) is 7.52. The van der Waals surface area contributed by atoms with Crippen LogP contribution in [0, 0.1) is 0 Å². The minimum Gasteiger partial charge on any atom is -0.396 e. The van der Waals surface area contributed by atoms with Crippen LogP contribution < -0.4 is 0 Å². The molecule has 0 saturated heterocycles. The van der Waals surface area contributed by atoms with E-state index in [9.17, 15) is 0 Å². The number of hydrogen-bond acceptors (Lipinski definition) is 3. The highest BCUT2D eigenvalue weighted by Gasteiger charge is 1.85. The summed E-state index contributed by atoms with van der Waals surface area (Å²) in [5, 5.41) is 8.30. The van der Waals surface area contributed by atoms with E-state index in [1.807, 2.05) is 0 Å². The van der Waals surface area contributed by atoms with Crippen LogP contribution in [0.15, 0.2) is 0 Å². The molecule has 2 N–H and O–H groups in total. The standard InChI is InChI=1S/C5H12O2S/c6-4-2-1-3-5-8-7/h6-7H,1-5H2. The van der Waals surface area contributed by atoms with Crippen LogP contribution in [0.5, 0.6) is 0 Å². The summed E-state index contributed by atoms with van der Waals surface area (Å²) in [7, 11) is 0. The zero-order valence-corrected chi connectivity index (χ0v) is 5.65. The fourth-order valence-electron chi connectivity index (χ4n) is 0.455. The molecule has 0 aliphatic heterocycles. The third kappa shape index (κ3) is 6.27. The van der Waals surface area contributed by atoms with Gasteiger partial charge in [-0.1, -0.05) is 6.42 Å². The van der Waals surface area contributed by atoms with E-state index in [0.29, 0.717) is 0 Å². The Labute approximate surface area is 54.1 Å². The average Bonchev–Trinajstić information content (AvgIpc) is 1.81. The number of rotatable bonds is 5. The van der Waals surface area contributed by atoms with Crippen LogP contribution in [0.1, 0.15) is 19.3 Å². The van der Waals surface area contributed by atoms with Gasteiger partial charge in [-0.2, -0.15) is 0 Å². The second kappa shape index (κ2) is 7.27. The molecule has 0 unspecified atom stereocenters. The monoisotopic (exact) mass is 136 g/mol. The maximum Gasteiger partial charge on any atom is 0.0431 e. The summed E-state index contributed by atoms with van der Waals surface area (Å²) >= 11 is 0.870. The van der Waals surface area contributed by atoms with E-state index in [1.54, 1.807) is 0 Å². The zero-order valence-electron chi connectivity index (χ0n) is 4.84. The Morgan fingerprint density at radius 2 is 1.88 bits per heavy atom. The molecule has 0 aromatic heterocycles. The number of unbranched alkanes of at least 4 members (excludes halogenated alkanes) is 2. The minimum atomic E-state index is 0.274. The van der Waals surface area contributed by atoms with Gasteiger partial charge in [0, 0.05) is 12.4 Å². The van der Waals surface area contributed by atoms with E-state index in [2.05, 4.69) is 0 Å². The van der Waals surface area contributed by atoms with Crippen LogP contribution in [0.25, 0.3) is 0 Å². The highest BCUT2D eigenvalue weighted by Crippen LogP contribution is 2.00. The number of aliphatic hydroxyl groups excluding tert-OH is 1. The van der Waals surface area contributed by atoms with Crippen LogP contribution in [0.3, 0.4) is 0 Å². The summed E-state index contributed by atoms with van der Waals surface area (Å²) in [5.74, 6) is 0.792. The van der Waals surface area contributed by atoms with Gasteiger partial charge in [0.2, 0.25) is 0 Å². The van der Waals surface area contributed by atoms with E-state index in [1.165, 1.54) is 0 Å². The van der Waals surface area contributed by atoms with Gasteiger partial charge in [0.1, 0.15) is 0 Å². The summed E-state index contributed by atoms with van der Waals surface area (Å²) in [6.07, 6.45) is 2.88. The van der Waals surface area contributed by atoms with Gasteiger partial charge in [-0.25, -0.2) is 0 Å². The van der Waals surface area contributed by atoms with Gasteiger partial charge < -0.3 is 9.66 Å². The zero-order chi connectivity index (χ0) is 6.24. The molecule has 0 aromatic carbocycles. The van der Waals surface area contributed by atoms with Crippen molar-refractivity contribution in [2.45, 2.75) is 19.3 Å². The average molecular weight is 136 g/mol. The van der Waals surface area contributed by atoms with Crippen molar-refractivity contribution in [3.05, 3.63) is 0 Å². The molecule has 0 aliphatic carbocycles. The predicted octanol–water partition coefficient (Wildman–Crippen LogP) is 1.36. The molecule has 0 aromatic rings. The van der Waals surface area contributed by atoms with Crippen LogP contribution in [0.4, 0.5) is 0 Å². The molecule has 3 heteroatoms. The maximum atomic E-state index is 8.30. The molecule has 0 rings (SSSR count). The lowest BCUT2D eigenvalue weighted by Gasteiger charge is -1.92. The fourth-order valence-corrected chi connectivity index (χ4v) is 0.788. The van der Waals surface area contributed by atoms with E-state index in [4.69, 9.17) is 9.66 Å². The normalized spacial score (nSPS) is 9.75. The highest BCUT2D eigenvalue weighted by molar-refractivity contribution is 7.93. The first-order valence-corrected chi connectivity index (χ1v) is 3.73. The molecule has 0 saturated carbocycles. The molecule has 0 aliphatic rings. The van der Waals surface area contributed by atoms with Crippen molar-refractivity contribution in [2.75, 3.05) is 12.4 Å². The lowest BCUT2D eigenvalue weighted by Crippen LogP contribution is -1.83. The molecule has 0 heterocycles. The predicted molar refractivity (Wildman–Crippen MR) is 36.0 cm³/mol. The van der Waals surface area contributed by atoms with Gasteiger partial charge in [0.05, 0.1) is 0 Å². The van der Waals surface area contributed by atoms with E-state index in [-0.39, 0.29) is 6.61 Å². The molecule has 0 atom stereocenters. The molecule has 0 amide bonds. The summed E-state index contributed by atoms with van der Waals surface area (Å²) < 4.78 is 8.22. The first-order valence-electron chi connectivity index (χ1n) is 2.79. The topological polar surface area (TPSA) is 40.5 Å². The van der Waals surface area contributed by atoms with Crippen LogP contribution in [-0.4, -0.2) is 22.0 Å². The van der Waals surface area contributed by atoms with E-state index < -0.39 is 0 Å². The maximum absolute atomic E-state index is 8.30. The van der Waals surface area contributed by atoms with Crippen molar-refractivity contribution in [2.24, 2.45) is 0 Å². The van der Waals surface area contributed by atoms with Gasteiger partial charge in [-0.05, 0) is 24.9 Å². The molecule has 8 heavy (non-hydrogen) atoms. The Hall–Kier alpha value is 0.270. The third-order valence-corrected chi connectivity index (χ3v) is 1.36. The molecule has 50 valence electrons. The lowest BCUT2D eigenvalue weighted by molar-refractivity contribution is 0.284. The van der Waals surface area contributed by atoms with Crippen LogP contribution >= 0.6 is 12.0 Å². The van der Waals surface area contributed by atoms with Crippen molar-refractivity contribution < 1.29 is 9.66 Å². The summed E-state index contributed by atoms with van der Waals surface area (Å²) in [6.45, 7) is 0.274. The van der Waals surface area contributed by atoms with Gasteiger partial charge in [0.15, 0.2) is 0 Å². The minimum absolute atomic E-state index is 0.274. The first-order chi connectivity index (χ1) is 3.91. The van der Waals surface area contributed by atoms with E-state index >= 15 is 0 Å². The highest BCUT2D eigenvalue weighted by atomic mass is 32.2. The van der Waals surface area contributed by atoms with Crippen molar-refractivity contribution >= 4 is 12.0 Å². The molecular formula is C5H12O2S. The van der Waals surface area contributed by atoms with Gasteiger partial charge in [-0.3, -0.25) is 0 Å². The molecule has 0 radical (unpaired) electrons. The molecular weight excluding hydrogens is 124 g/mol.